The Bertz CT molecular complexity index is 569. The van der Waals surface area contributed by atoms with Gasteiger partial charge in [0.1, 0.15) is 4.90 Å². The number of likely N-dealkylation sites (N-methyl/N-ethyl adjacent to an activating group) is 1. The first-order chi connectivity index (χ1) is 9.97. The fourth-order valence-corrected chi connectivity index (χ4v) is 4.46. The van der Waals surface area contributed by atoms with Gasteiger partial charge in [-0.2, -0.15) is 5.10 Å². The van der Waals surface area contributed by atoms with Crippen molar-refractivity contribution in [2.45, 2.75) is 44.2 Å². The van der Waals surface area contributed by atoms with Gasteiger partial charge >= 0.3 is 0 Å². The van der Waals surface area contributed by atoms with Gasteiger partial charge in [-0.15, -0.1) is 0 Å². The minimum atomic E-state index is -3.54. The summed E-state index contributed by atoms with van der Waals surface area (Å²) in [4.78, 5) is 2.55. The largest absolute Gasteiger partial charge is 0.314 e. The predicted octanol–water partition coefficient (Wildman–Crippen LogP) is 0.200. The van der Waals surface area contributed by atoms with Crippen LogP contribution in [-0.4, -0.2) is 56.2 Å². The van der Waals surface area contributed by atoms with Crippen LogP contribution < -0.4 is 10.0 Å². The summed E-state index contributed by atoms with van der Waals surface area (Å²) in [7, 11) is -1.77. The Balaban J connectivity index is 2.16. The van der Waals surface area contributed by atoms with Crippen molar-refractivity contribution < 1.29 is 8.42 Å². The Morgan fingerprint density at radius 3 is 2.90 bits per heavy atom. The highest BCUT2D eigenvalue weighted by Crippen LogP contribution is 2.19. The number of aromatic nitrogens is 2. The number of likely N-dealkylation sites (tertiary alicyclic amines) is 1. The Labute approximate surface area is 126 Å². The van der Waals surface area contributed by atoms with Gasteiger partial charge in [0.25, 0.3) is 0 Å². The van der Waals surface area contributed by atoms with Crippen LogP contribution in [0.3, 0.4) is 0 Å². The first-order valence-electron chi connectivity index (χ1n) is 7.41. The number of piperidine rings is 1. The van der Waals surface area contributed by atoms with Crippen LogP contribution in [0.1, 0.15) is 31.2 Å². The number of nitrogens with zero attached hydrogens (tertiary/aromatic N) is 2. The molecule has 1 atom stereocenters. The van der Waals surface area contributed by atoms with E-state index in [1.165, 1.54) is 0 Å². The third-order valence-electron chi connectivity index (χ3n) is 3.85. The van der Waals surface area contributed by atoms with E-state index in [9.17, 15) is 8.42 Å². The van der Waals surface area contributed by atoms with Crippen LogP contribution in [0.15, 0.2) is 4.90 Å². The minimum Gasteiger partial charge on any atom is -0.314 e. The van der Waals surface area contributed by atoms with Gasteiger partial charge in [-0.25, -0.2) is 13.1 Å². The van der Waals surface area contributed by atoms with Gasteiger partial charge in [0.15, 0.2) is 0 Å². The Morgan fingerprint density at radius 1 is 1.48 bits per heavy atom. The molecule has 0 spiro atoms. The number of aromatic amines is 1. The molecule has 2 rings (SSSR count). The van der Waals surface area contributed by atoms with Crippen LogP contribution >= 0.6 is 0 Å². The fraction of sp³-hybridized carbons (Fsp3) is 0.769. The number of rotatable bonds is 6. The van der Waals surface area contributed by atoms with E-state index in [-0.39, 0.29) is 10.9 Å². The molecule has 7 nitrogen and oxygen atoms in total. The molecule has 1 aliphatic rings. The van der Waals surface area contributed by atoms with Crippen molar-refractivity contribution >= 4 is 10.0 Å². The van der Waals surface area contributed by atoms with Crippen LogP contribution in [0.5, 0.6) is 0 Å². The number of hydrogen-bond donors (Lipinski definition) is 3. The molecule has 0 radical (unpaired) electrons. The topological polar surface area (TPSA) is 90.1 Å². The lowest BCUT2D eigenvalue weighted by Crippen LogP contribution is -2.47. The van der Waals surface area contributed by atoms with Crippen molar-refractivity contribution in [3.05, 3.63) is 11.4 Å². The minimum absolute atomic E-state index is 0.0274. The standard InChI is InChI=1S/C13H25N5O2S/c1-4-18-7-5-6-11(9-18)17-21(19,20)13-10(2)15-16-12(13)8-14-3/h11,14,17H,4-9H2,1-3H3,(H,15,16). The van der Waals surface area contributed by atoms with Crippen LogP contribution in [0.2, 0.25) is 0 Å². The molecule has 1 aromatic rings. The van der Waals surface area contributed by atoms with E-state index in [2.05, 4.69) is 32.1 Å². The zero-order valence-electron chi connectivity index (χ0n) is 12.9. The van der Waals surface area contributed by atoms with E-state index in [4.69, 9.17) is 0 Å². The first-order valence-corrected chi connectivity index (χ1v) is 8.89. The SMILES string of the molecule is CCN1CCCC(NS(=O)(=O)c2c(CNC)n[nH]c2C)C1. The molecule has 1 saturated heterocycles. The quantitative estimate of drug-likeness (QED) is 0.698. The number of hydrogen-bond acceptors (Lipinski definition) is 5. The van der Waals surface area contributed by atoms with Crippen molar-refractivity contribution in [2.24, 2.45) is 0 Å². The molecule has 3 N–H and O–H groups in total. The molecule has 0 aliphatic carbocycles. The second-order valence-corrected chi connectivity index (χ2v) is 7.16. The lowest BCUT2D eigenvalue weighted by Gasteiger charge is -2.32. The summed E-state index contributed by atoms with van der Waals surface area (Å²) in [5, 5.41) is 9.79. The molecule has 0 amide bonds. The number of aryl methyl sites for hydroxylation is 1. The lowest BCUT2D eigenvalue weighted by atomic mass is 10.1. The molecule has 1 fully saturated rings. The summed E-state index contributed by atoms with van der Waals surface area (Å²) in [6, 6.07) is -0.0274. The van der Waals surface area contributed by atoms with Gasteiger partial charge in [0.05, 0.1) is 11.4 Å². The fourth-order valence-electron chi connectivity index (χ4n) is 2.83. The van der Waals surface area contributed by atoms with Gasteiger partial charge in [-0.3, -0.25) is 5.10 Å². The maximum absolute atomic E-state index is 12.7. The summed E-state index contributed by atoms with van der Waals surface area (Å²) in [5.41, 5.74) is 1.11. The van der Waals surface area contributed by atoms with E-state index in [1.807, 2.05) is 0 Å². The van der Waals surface area contributed by atoms with Gasteiger partial charge in [0, 0.05) is 19.1 Å². The van der Waals surface area contributed by atoms with Crippen molar-refractivity contribution in [3.63, 3.8) is 0 Å². The van der Waals surface area contributed by atoms with E-state index in [0.29, 0.717) is 17.9 Å². The first kappa shape index (κ1) is 16.4. The predicted molar refractivity (Wildman–Crippen MR) is 81.5 cm³/mol. The highest BCUT2D eigenvalue weighted by molar-refractivity contribution is 7.89. The Kier molecular flexibility index (Phi) is 5.37. The summed E-state index contributed by atoms with van der Waals surface area (Å²) in [6.07, 6.45) is 1.91. The molecule has 0 aromatic carbocycles. The summed E-state index contributed by atoms with van der Waals surface area (Å²) in [5.74, 6) is 0. The zero-order valence-corrected chi connectivity index (χ0v) is 13.8. The maximum atomic E-state index is 12.7. The molecule has 1 aliphatic heterocycles. The van der Waals surface area contributed by atoms with Gasteiger partial charge in [0.2, 0.25) is 10.0 Å². The Hall–Kier alpha value is -0.960. The average molecular weight is 315 g/mol. The van der Waals surface area contributed by atoms with Crippen LogP contribution in [0.25, 0.3) is 0 Å². The second-order valence-electron chi connectivity index (χ2n) is 5.51. The summed E-state index contributed by atoms with van der Waals surface area (Å²) in [6.45, 7) is 7.03. The Morgan fingerprint density at radius 2 is 2.24 bits per heavy atom. The second kappa shape index (κ2) is 6.87. The highest BCUT2D eigenvalue weighted by atomic mass is 32.2. The van der Waals surface area contributed by atoms with E-state index >= 15 is 0 Å². The number of nitrogens with one attached hydrogen (secondary N) is 3. The summed E-state index contributed by atoms with van der Waals surface area (Å²) < 4.78 is 28.2. The molecular formula is C13H25N5O2S. The van der Waals surface area contributed by atoms with Gasteiger partial charge < -0.3 is 10.2 Å². The summed E-state index contributed by atoms with van der Waals surface area (Å²) >= 11 is 0. The van der Waals surface area contributed by atoms with Gasteiger partial charge in [-0.1, -0.05) is 6.92 Å². The molecule has 8 heteroatoms. The molecular weight excluding hydrogens is 290 g/mol. The van der Waals surface area contributed by atoms with Crippen molar-refractivity contribution in [2.75, 3.05) is 26.7 Å². The molecule has 1 aromatic heterocycles. The molecule has 2 heterocycles. The van der Waals surface area contributed by atoms with Crippen molar-refractivity contribution in [3.8, 4) is 0 Å². The third kappa shape index (κ3) is 3.82. The molecule has 21 heavy (non-hydrogen) atoms. The molecule has 120 valence electrons. The highest BCUT2D eigenvalue weighted by Gasteiger charge is 2.28. The smallest absolute Gasteiger partial charge is 0.244 e. The van der Waals surface area contributed by atoms with E-state index in [0.717, 1.165) is 32.5 Å². The van der Waals surface area contributed by atoms with Crippen LogP contribution in [0, 0.1) is 6.92 Å². The van der Waals surface area contributed by atoms with Crippen LogP contribution in [-0.2, 0) is 16.6 Å². The average Bonchev–Trinajstić information content (AvgIpc) is 2.81. The number of sulfonamides is 1. The normalized spacial score (nSPS) is 20.8. The third-order valence-corrected chi connectivity index (χ3v) is 5.57. The van der Waals surface area contributed by atoms with Crippen LogP contribution in [0.4, 0.5) is 0 Å². The molecule has 0 saturated carbocycles. The van der Waals surface area contributed by atoms with Crippen molar-refractivity contribution in [1.82, 2.24) is 25.1 Å². The van der Waals surface area contributed by atoms with Gasteiger partial charge in [-0.05, 0) is 39.9 Å². The number of H-pyrrole nitrogens is 1. The monoisotopic (exact) mass is 315 g/mol. The zero-order chi connectivity index (χ0) is 15.5. The van der Waals surface area contributed by atoms with Crippen molar-refractivity contribution in [1.29, 1.82) is 0 Å². The maximum Gasteiger partial charge on any atom is 0.244 e. The molecule has 0 bridgehead atoms. The molecule has 1 unspecified atom stereocenters. The van der Waals surface area contributed by atoms with E-state index in [1.54, 1.807) is 14.0 Å². The van der Waals surface area contributed by atoms with E-state index < -0.39 is 10.0 Å². The lowest BCUT2D eigenvalue weighted by molar-refractivity contribution is 0.211.